The summed E-state index contributed by atoms with van der Waals surface area (Å²) in [6.07, 6.45) is 0.424. The Kier molecular flexibility index (Phi) is 6.57. The maximum absolute atomic E-state index is 12.1. The SMILES string of the molecule is CCC(=O)Nc1ccc(NC(=O)COc2ccccc2C(C)C)cc1. The van der Waals surface area contributed by atoms with E-state index in [2.05, 4.69) is 24.5 Å². The van der Waals surface area contributed by atoms with Crippen LogP contribution >= 0.6 is 0 Å². The van der Waals surface area contributed by atoms with E-state index in [4.69, 9.17) is 4.74 Å². The van der Waals surface area contributed by atoms with Crippen LogP contribution in [-0.4, -0.2) is 18.4 Å². The lowest BCUT2D eigenvalue weighted by molar-refractivity contribution is -0.118. The van der Waals surface area contributed by atoms with Gasteiger partial charge in [-0.05, 0) is 41.8 Å². The molecule has 2 rings (SSSR count). The highest BCUT2D eigenvalue weighted by atomic mass is 16.5. The minimum atomic E-state index is -0.232. The third-order valence-corrected chi connectivity index (χ3v) is 3.67. The van der Waals surface area contributed by atoms with Crippen LogP contribution in [0.15, 0.2) is 48.5 Å². The van der Waals surface area contributed by atoms with Crippen LogP contribution in [0.5, 0.6) is 5.75 Å². The highest BCUT2D eigenvalue weighted by molar-refractivity contribution is 5.93. The third kappa shape index (κ3) is 5.64. The average molecular weight is 340 g/mol. The Morgan fingerprint density at radius 3 is 2.04 bits per heavy atom. The molecule has 2 amide bonds. The minimum absolute atomic E-state index is 0.0472. The number of anilines is 2. The van der Waals surface area contributed by atoms with Crippen molar-refractivity contribution in [3.63, 3.8) is 0 Å². The van der Waals surface area contributed by atoms with Gasteiger partial charge in [0.2, 0.25) is 5.91 Å². The fraction of sp³-hybridized carbons (Fsp3) is 0.300. The molecule has 0 aliphatic heterocycles. The molecule has 0 aromatic heterocycles. The summed E-state index contributed by atoms with van der Waals surface area (Å²) in [5.74, 6) is 0.772. The number of para-hydroxylation sites is 1. The molecule has 2 aromatic rings. The molecule has 0 spiro atoms. The van der Waals surface area contributed by atoms with E-state index in [1.807, 2.05) is 24.3 Å². The Hall–Kier alpha value is -2.82. The van der Waals surface area contributed by atoms with E-state index in [9.17, 15) is 9.59 Å². The predicted octanol–water partition coefficient (Wildman–Crippen LogP) is 4.18. The lowest BCUT2D eigenvalue weighted by Gasteiger charge is -2.13. The zero-order valence-corrected chi connectivity index (χ0v) is 14.8. The zero-order valence-electron chi connectivity index (χ0n) is 14.8. The summed E-state index contributed by atoms with van der Waals surface area (Å²) in [7, 11) is 0. The van der Waals surface area contributed by atoms with Gasteiger partial charge < -0.3 is 15.4 Å². The van der Waals surface area contributed by atoms with E-state index in [-0.39, 0.29) is 18.4 Å². The fourth-order valence-electron chi connectivity index (χ4n) is 2.32. The molecule has 0 aliphatic carbocycles. The summed E-state index contributed by atoms with van der Waals surface area (Å²) in [6.45, 7) is 5.90. The molecule has 0 radical (unpaired) electrons. The second-order valence-electron chi connectivity index (χ2n) is 6.01. The van der Waals surface area contributed by atoms with Crippen LogP contribution in [-0.2, 0) is 9.59 Å². The second-order valence-corrected chi connectivity index (χ2v) is 6.01. The van der Waals surface area contributed by atoms with Crippen molar-refractivity contribution in [3.05, 3.63) is 54.1 Å². The Bertz CT molecular complexity index is 724. The number of ether oxygens (including phenoxy) is 1. The molecule has 0 fully saturated rings. The van der Waals surface area contributed by atoms with Crippen molar-refractivity contribution in [2.75, 3.05) is 17.2 Å². The number of amides is 2. The van der Waals surface area contributed by atoms with Crippen LogP contribution in [0, 0.1) is 0 Å². The molecule has 0 saturated heterocycles. The van der Waals surface area contributed by atoms with E-state index >= 15 is 0 Å². The molecule has 0 saturated carbocycles. The third-order valence-electron chi connectivity index (χ3n) is 3.67. The van der Waals surface area contributed by atoms with Crippen LogP contribution in [0.3, 0.4) is 0 Å². The zero-order chi connectivity index (χ0) is 18.2. The number of carbonyl (C=O) groups excluding carboxylic acids is 2. The molecular weight excluding hydrogens is 316 g/mol. The van der Waals surface area contributed by atoms with Gasteiger partial charge in [-0.25, -0.2) is 0 Å². The first kappa shape index (κ1) is 18.5. The van der Waals surface area contributed by atoms with E-state index < -0.39 is 0 Å². The maximum atomic E-state index is 12.1. The normalized spacial score (nSPS) is 10.4. The van der Waals surface area contributed by atoms with Gasteiger partial charge in [-0.15, -0.1) is 0 Å². The maximum Gasteiger partial charge on any atom is 0.262 e. The number of benzene rings is 2. The Morgan fingerprint density at radius 2 is 1.48 bits per heavy atom. The fourth-order valence-corrected chi connectivity index (χ4v) is 2.32. The van der Waals surface area contributed by atoms with Gasteiger partial charge in [0.25, 0.3) is 5.91 Å². The molecule has 0 unspecified atom stereocenters. The molecule has 0 heterocycles. The van der Waals surface area contributed by atoms with Crippen molar-refractivity contribution in [2.24, 2.45) is 0 Å². The van der Waals surface area contributed by atoms with E-state index in [1.54, 1.807) is 31.2 Å². The molecule has 0 bridgehead atoms. The van der Waals surface area contributed by atoms with Gasteiger partial charge in [0.15, 0.2) is 6.61 Å². The quantitative estimate of drug-likeness (QED) is 0.795. The van der Waals surface area contributed by atoms with E-state index in [0.717, 1.165) is 11.3 Å². The summed E-state index contributed by atoms with van der Waals surface area (Å²) in [4.78, 5) is 23.4. The van der Waals surface area contributed by atoms with E-state index in [0.29, 0.717) is 23.7 Å². The van der Waals surface area contributed by atoms with Gasteiger partial charge in [0.1, 0.15) is 5.75 Å². The van der Waals surface area contributed by atoms with Crippen molar-refractivity contribution in [3.8, 4) is 5.75 Å². The molecule has 2 N–H and O–H groups in total. The molecule has 132 valence electrons. The molecule has 2 aromatic carbocycles. The first-order valence-electron chi connectivity index (χ1n) is 8.41. The number of hydrogen-bond donors (Lipinski definition) is 2. The van der Waals surface area contributed by atoms with Crippen molar-refractivity contribution < 1.29 is 14.3 Å². The number of rotatable bonds is 7. The summed E-state index contributed by atoms with van der Waals surface area (Å²) < 4.78 is 5.65. The number of hydrogen-bond acceptors (Lipinski definition) is 3. The Balaban J connectivity index is 1.89. The lowest BCUT2D eigenvalue weighted by atomic mass is 10.0. The molecule has 5 nitrogen and oxygen atoms in total. The first-order chi connectivity index (χ1) is 12.0. The van der Waals surface area contributed by atoms with E-state index in [1.165, 1.54) is 0 Å². The predicted molar refractivity (Wildman–Crippen MR) is 100 cm³/mol. The Morgan fingerprint density at radius 1 is 0.920 bits per heavy atom. The molecule has 5 heteroatoms. The standard InChI is InChI=1S/C20H24N2O3/c1-4-19(23)21-15-9-11-16(12-10-15)22-20(24)13-25-18-8-6-5-7-17(18)14(2)3/h5-12,14H,4,13H2,1-3H3,(H,21,23)(H,22,24). The largest absolute Gasteiger partial charge is 0.483 e. The molecule has 0 aliphatic rings. The van der Waals surface area contributed by atoms with Gasteiger partial charge in [0, 0.05) is 17.8 Å². The summed E-state index contributed by atoms with van der Waals surface area (Å²) in [5.41, 5.74) is 2.43. The van der Waals surface area contributed by atoms with Gasteiger partial charge in [-0.1, -0.05) is 39.0 Å². The van der Waals surface area contributed by atoms with Gasteiger partial charge >= 0.3 is 0 Å². The summed E-state index contributed by atoms with van der Waals surface area (Å²) >= 11 is 0. The van der Waals surface area contributed by atoms with Crippen LogP contribution in [0.25, 0.3) is 0 Å². The minimum Gasteiger partial charge on any atom is -0.483 e. The molecular formula is C20H24N2O3. The van der Waals surface area contributed by atoms with Crippen molar-refractivity contribution in [1.29, 1.82) is 0 Å². The highest BCUT2D eigenvalue weighted by Crippen LogP contribution is 2.25. The first-order valence-corrected chi connectivity index (χ1v) is 8.41. The van der Waals surface area contributed by atoms with Crippen LogP contribution in [0.1, 0.15) is 38.7 Å². The van der Waals surface area contributed by atoms with Crippen molar-refractivity contribution in [1.82, 2.24) is 0 Å². The van der Waals surface area contributed by atoms with Crippen LogP contribution in [0.4, 0.5) is 11.4 Å². The van der Waals surface area contributed by atoms with Crippen molar-refractivity contribution >= 4 is 23.2 Å². The highest BCUT2D eigenvalue weighted by Gasteiger charge is 2.09. The lowest BCUT2D eigenvalue weighted by Crippen LogP contribution is -2.20. The number of carbonyl (C=O) groups is 2. The molecule has 25 heavy (non-hydrogen) atoms. The summed E-state index contributed by atoms with van der Waals surface area (Å²) in [5, 5.41) is 5.54. The average Bonchev–Trinajstić information content (AvgIpc) is 2.61. The Labute approximate surface area is 148 Å². The second kappa shape index (κ2) is 8.87. The molecule has 0 atom stereocenters. The van der Waals surface area contributed by atoms with Crippen LogP contribution in [0.2, 0.25) is 0 Å². The topological polar surface area (TPSA) is 67.4 Å². The summed E-state index contributed by atoms with van der Waals surface area (Å²) in [6, 6.07) is 14.7. The van der Waals surface area contributed by atoms with Gasteiger partial charge in [0.05, 0.1) is 0 Å². The number of nitrogens with one attached hydrogen (secondary N) is 2. The monoisotopic (exact) mass is 340 g/mol. The van der Waals surface area contributed by atoms with Crippen molar-refractivity contribution in [2.45, 2.75) is 33.1 Å². The van der Waals surface area contributed by atoms with Crippen LogP contribution < -0.4 is 15.4 Å². The van der Waals surface area contributed by atoms with Gasteiger partial charge in [-0.3, -0.25) is 9.59 Å². The smallest absolute Gasteiger partial charge is 0.262 e. The van der Waals surface area contributed by atoms with Gasteiger partial charge in [-0.2, -0.15) is 0 Å².